The average Bonchev–Trinajstić information content (AvgIpc) is 2.97. The second-order valence-corrected chi connectivity index (χ2v) is 5.00. The molecule has 0 aliphatic heterocycles. The summed E-state index contributed by atoms with van der Waals surface area (Å²) in [5.41, 5.74) is 1.26. The Kier molecular flexibility index (Phi) is 3.29. The van der Waals surface area contributed by atoms with Gasteiger partial charge >= 0.3 is 5.97 Å². The molecule has 1 aliphatic carbocycles. The van der Waals surface area contributed by atoms with Crippen molar-refractivity contribution in [1.82, 2.24) is 0 Å². The molecule has 2 atom stereocenters. The van der Waals surface area contributed by atoms with Gasteiger partial charge in [-0.3, -0.25) is 4.79 Å². The molecule has 0 radical (unpaired) electrons. The summed E-state index contributed by atoms with van der Waals surface area (Å²) in [7, 11) is 0. The van der Waals surface area contributed by atoms with Crippen molar-refractivity contribution in [2.45, 2.75) is 19.3 Å². The molecule has 1 aromatic carbocycles. The van der Waals surface area contributed by atoms with Crippen LogP contribution >= 0.6 is 22.6 Å². The average molecular weight is 316 g/mol. The molecule has 1 saturated carbocycles. The number of hydrogen-bond acceptors (Lipinski definition) is 2. The van der Waals surface area contributed by atoms with E-state index in [4.69, 9.17) is 4.74 Å². The maximum absolute atomic E-state index is 11.4. The molecule has 1 aliphatic rings. The molecule has 0 saturated heterocycles. The topological polar surface area (TPSA) is 26.3 Å². The van der Waals surface area contributed by atoms with Gasteiger partial charge in [0.25, 0.3) is 0 Å². The highest BCUT2D eigenvalue weighted by Crippen LogP contribution is 2.48. The molecule has 2 rings (SSSR count). The van der Waals surface area contributed by atoms with Gasteiger partial charge in [-0.25, -0.2) is 0 Å². The van der Waals surface area contributed by atoms with Gasteiger partial charge in [0.15, 0.2) is 0 Å². The van der Waals surface area contributed by atoms with E-state index in [-0.39, 0.29) is 11.9 Å². The maximum atomic E-state index is 11.4. The maximum Gasteiger partial charge on any atom is 0.309 e. The number of carbonyl (C=O) groups excluding carboxylic acids is 1. The zero-order chi connectivity index (χ0) is 10.8. The summed E-state index contributed by atoms with van der Waals surface area (Å²) in [5.74, 6) is 0.447. The van der Waals surface area contributed by atoms with E-state index < -0.39 is 0 Å². The van der Waals surface area contributed by atoms with Gasteiger partial charge in [-0.15, -0.1) is 0 Å². The van der Waals surface area contributed by atoms with Crippen LogP contribution in [0.15, 0.2) is 24.3 Å². The van der Waals surface area contributed by atoms with Gasteiger partial charge in [0.2, 0.25) is 0 Å². The third-order valence-corrected chi connectivity index (χ3v) is 3.33. The molecule has 80 valence electrons. The van der Waals surface area contributed by atoms with Crippen molar-refractivity contribution < 1.29 is 9.53 Å². The highest BCUT2D eigenvalue weighted by molar-refractivity contribution is 14.1. The molecular weight excluding hydrogens is 303 g/mol. The minimum atomic E-state index is -0.0404. The van der Waals surface area contributed by atoms with Crippen LogP contribution in [0.4, 0.5) is 0 Å². The molecule has 0 N–H and O–H groups in total. The van der Waals surface area contributed by atoms with Crippen molar-refractivity contribution in [3.8, 4) is 0 Å². The molecule has 0 amide bonds. The number of carbonyl (C=O) groups is 1. The lowest BCUT2D eigenvalue weighted by Gasteiger charge is -2.01. The Labute approximate surface area is 103 Å². The number of halogens is 1. The second kappa shape index (κ2) is 4.51. The zero-order valence-corrected chi connectivity index (χ0v) is 10.7. The van der Waals surface area contributed by atoms with E-state index in [0.717, 1.165) is 6.42 Å². The van der Waals surface area contributed by atoms with Gasteiger partial charge in [0.1, 0.15) is 0 Å². The lowest BCUT2D eigenvalue weighted by molar-refractivity contribution is -0.144. The van der Waals surface area contributed by atoms with Gasteiger partial charge in [0, 0.05) is 3.57 Å². The third kappa shape index (κ3) is 2.51. The quantitative estimate of drug-likeness (QED) is 0.633. The predicted octanol–water partition coefficient (Wildman–Crippen LogP) is 2.96. The van der Waals surface area contributed by atoms with Crippen LogP contribution in [0.25, 0.3) is 0 Å². The number of benzene rings is 1. The first-order valence-corrected chi connectivity index (χ1v) is 6.22. The summed E-state index contributed by atoms with van der Waals surface area (Å²) in [4.78, 5) is 11.4. The van der Waals surface area contributed by atoms with Gasteiger partial charge in [0.05, 0.1) is 12.5 Å². The fraction of sp³-hybridized carbons (Fsp3) is 0.417. The molecule has 2 nitrogen and oxygen atoms in total. The fourth-order valence-electron chi connectivity index (χ4n) is 1.81. The predicted molar refractivity (Wildman–Crippen MR) is 66.6 cm³/mol. The van der Waals surface area contributed by atoms with Crippen LogP contribution in [0.5, 0.6) is 0 Å². The molecule has 1 aromatic rings. The Morgan fingerprint density at radius 1 is 1.60 bits per heavy atom. The minimum absolute atomic E-state index is 0.0404. The monoisotopic (exact) mass is 316 g/mol. The first kappa shape index (κ1) is 10.9. The van der Waals surface area contributed by atoms with Crippen molar-refractivity contribution in [1.29, 1.82) is 0 Å². The first-order chi connectivity index (χ1) is 7.22. The Balaban J connectivity index is 2.01. The Hall–Kier alpha value is -0.580. The highest BCUT2D eigenvalue weighted by Gasteiger charge is 2.45. The number of ether oxygens (including phenoxy) is 1. The van der Waals surface area contributed by atoms with E-state index in [9.17, 15) is 4.79 Å². The van der Waals surface area contributed by atoms with E-state index in [1.165, 1.54) is 9.13 Å². The molecule has 0 spiro atoms. The third-order valence-electron chi connectivity index (χ3n) is 2.66. The summed E-state index contributed by atoms with van der Waals surface area (Å²) in [5, 5.41) is 0. The number of hydrogen-bond donors (Lipinski definition) is 0. The van der Waals surface area contributed by atoms with Gasteiger partial charge in [-0.05, 0) is 59.5 Å². The summed E-state index contributed by atoms with van der Waals surface area (Å²) in [6.07, 6.45) is 0.943. The van der Waals surface area contributed by atoms with Crippen molar-refractivity contribution in [3.63, 3.8) is 0 Å². The molecule has 3 heteroatoms. The smallest absolute Gasteiger partial charge is 0.309 e. The Bertz CT molecular complexity index is 376. The summed E-state index contributed by atoms with van der Waals surface area (Å²) in [6.45, 7) is 2.33. The molecule has 0 heterocycles. The van der Waals surface area contributed by atoms with Crippen molar-refractivity contribution in [3.05, 3.63) is 33.4 Å². The Morgan fingerprint density at radius 2 is 2.40 bits per heavy atom. The van der Waals surface area contributed by atoms with E-state index in [0.29, 0.717) is 12.5 Å². The van der Waals surface area contributed by atoms with Crippen molar-refractivity contribution >= 4 is 28.6 Å². The molecule has 0 aromatic heterocycles. The Morgan fingerprint density at radius 3 is 3.07 bits per heavy atom. The van der Waals surface area contributed by atoms with Crippen LogP contribution < -0.4 is 0 Å². The van der Waals surface area contributed by atoms with Crippen LogP contribution in [0, 0.1) is 9.49 Å². The molecule has 15 heavy (non-hydrogen) atoms. The van der Waals surface area contributed by atoms with Gasteiger partial charge < -0.3 is 4.74 Å². The van der Waals surface area contributed by atoms with Crippen molar-refractivity contribution in [2.24, 2.45) is 5.92 Å². The standard InChI is InChI=1S/C12H13IO2/c1-2-15-12(14)11-7-10(11)8-4-3-5-9(13)6-8/h3-6,10-11H,2,7H2,1H3/t10-,11+/m0/s1. The van der Waals surface area contributed by atoms with Crippen LogP contribution in [-0.4, -0.2) is 12.6 Å². The number of esters is 1. The molecular formula is C12H13IO2. The molecule has 0 unspecified atom stereocenters. The lowest BCUT2D eigenvalue weighted by Crippen LogP contribution is -2.07. The minimum Gasteiger partial charge on any atom is -0.466 e. The summed E-state index contributed by atoms with van der Waals surface area (Å²) >= 11 is 2.29. The van der Waals surface area contributed by atoms with E-state index in [1.807, 2.05) is 13.0 Å². The second-order valence-electron chi connectivity index (χ2n) is 3.76. The zero-order valence-electron chi connectivity index (χ0n) is 8.57. The van der Waals surface area contributed by atoms with Gasteiger partial charge in [-0.2, -0.15) is 0 Å². The van der Waals surface area contributed by atoms with E-state index in [1.54, 1.807) is 0 Å². The van der Waals surface area contributed by atoms with Crippen LogP contribution in [-0.2, 0) is 9.53 Å². The van der Waals surface area contributed by atoms with Crippen LogP contribution in [0.2, 0.25) is 0 Å². The summed E-state index contributed by atoms with van der Waals surface area (Å²) in [6, 6.07) is 8.33. The normalized spacial score (nSPS) is 23.6. The number of rotatable bonds is 3. The largest absolute Gasteiger partial charge is 0.466 e. The SMILES string of the molecule is CCOC(=O)[C@@H]1C[C@H]1c1cccc(I)c1. The van der Waals surface area contributed by atoms with Crippen LogP contribution in [0.1, 0.15) is 24.8 Å². The van der Waals surface area contributed by atoms with E-state index >= 15 is 0 Å². The van der Waals surface area contributed by atoms with Crippen LogP contribution in [0.3, 0.4) is 0 Å². The highest BCUT2D eigenvalue weighted by atomic mass is 127. The molecule has 1 fully saturated rings. The van der Waals surface area contributed by atoms with E-state index in [2.05, 4.69) is 40.8 Å². The van der Waals surface area contributed by atoms with Crippen molar-refractivity contribution in [2.75, 3.05) is 6.61 Å². The fourth-order valence-corrected chi connectivity index (χ4v) is 2.38. The lowest BCUT2D eigenvalue weighted by atomic mass is 10.1. The molecule has 0 bridgehead atoms. The summed E-state index contributed by atoms with van der Waals surface area (Å²) < 4.78 is 6.23. The first-order valence-electron chi connectivity index (χ1n) is 5.14. The van der Waals surface area contributed by atoms with Gasteiger partial charge in [-0.1, -0.05) is 12.1 Å².